The molecule has 24 heavy (non-hydrogen) atoms. The first-order chi connectivity index (χ1) is 11.8. The Hall–Kier alpha value is -1.89. The standard InChI is InChI=1S/C17H29N7/c1-14-13-15(14)22-16(18-2)19-7-4-8-23-9-11-24(12-10-23)17-20-5-3-6-21-17/h3,5-6,14-15H,4,7-13H2,1-2H3,(H2,18,19,22). The van der Waals surface area contributed by atoms with Crippen LogP contribution in [0, 0.1) is 5.92 Å². The molecule has 7 heteroatoms. The van der Waals surface area contributed by atoms with E-state index in [9.17, 15) is 0 Å². The van der Waals surface area contributed by atoms with E-state index in [4.69, 9.17) is 0 Å². The predicted octanol–water partition coefficient (Wildman–Crippen LogP) is 0.562. The summed E-state index contributed by atoms with van der Waals surface area (Å²) >= 11 is 0. The fourth-order valence-corrected chi connectivity index (χ4v) is 3.03. The summed E-state index contributed by atoms with van der Waals surface area (Å²) in [5.41, 5.74) is 0. The molecule has 1 aliphatic heterocycles. The highest BCUT2D eigenvalue weighted by Gasteiger charge is 2.33. The third kappa shape index (κ3) is 4.80. The van der Waals surface area contributed by atoms with Crippen LogP contribution in [0.5, 0.6) is 0 Å². The van der Waals surface area contributed by atoms with E-state index < -0.39 is 0 Å². The summed E-state index contributed by atoms with van der Waals surface area (Å²) in [7, 11) is 1.84. The Balaban J connectivity index is 1.29. The van der Waals surface area contributed by atoms with Gasteiger partial charge in [0, 0.05) is 58.2 Å². The number of nitrogens with zero attached hydrogens (tertiary/aromatic N) is 5. The van der Waals surface area contributed by atoms with Gasteiger partial charge in [0.15, 0.2) is 5.96 Å². The van der Waals surface area contributed by atoms with Crippen molar-refractivity contribution in [2.75, 3.05) is 51.2 Å². The molecule has 1 aromatic rings. The second kappa shape index (κ2) is 8.28. The molecule has 0 spiro atoms. The molecule has 132 valence electrons. The Morgan fingerprint density at radius 1 is 1.25 bits per heavy atom. The van der Waals surface area contributed by atoms with Gasteiger partial charge < -0.3 is 15.5 Å². The van der Waals surface area contributed by atoms with Gasteiger partial charge in [0.1, 0.15) is 0 Å². The molecular weight excluding hydrogens is 302 g/mol. The Morgan fingerprint density at radius 2 is 1.96 bits per heavy atom. The number of rotatable bonds is 6. The number of piperazine rings is 1. The maximum atomic E-state index is 4.33. The van der Waals surface area contributed by atoms with Crippen molar-refractivity contribution in [2.24, 2.45) is 10.9 Å². The smallest absolute Gasteiger partial charge is 0.225 e. The van der Waals surface area contributed by atoms with E-state index >= 15 is 0 Å². The van der Waals surface area contributed by atoms with E-state index in [-0.39, 0.29) is 0 Å². The highest BCUT2D eigenvalue weighted by molar-refractivity contribution is 5.80. The van der Waals surface area contributed by atoms with Crippen LogP contribution in [0.2, 0.25) is 0 Å². The number of aliphatic imine (C=N–C) groups is 1. The molecular formula is C17H29N7. The van der Waals surface area contributed by atoms with Gasteiger partial charge in [0.05, 0.1) is 0 Å². The molecule has 0 radical (unpaired) electrons. The normalized spacial score (nSPS) is 24.8. The topological polar surface area (TPSA) is 68.7 Å². The first kappa shape index (κ1) is 17.0. The SMILES string of the molecule is CN=C(NCCCN1CCN(c2ncccn2)CC1)NC1CC1C. The molecule has 2 N–H and O–H groups in total. The van der Waals surface area contributed by atoms with E-state index in [0.717, 1.165) is 63.5 Å². The van der Waals surface area contributed by atoms with Gasteiger partial charge in [0.25, 0.3) is 0 Å². The van der Waals surface area contributed by atoms with Crippen LogP contribution < -0.4 is 15.5 Å². The molecule has 2 fully saturated rings. The van der Waals surface area contributed by atoms with Crippen molar-refractivity contribution in [1.29, 1.82) is 0 Å². The number of nitrogens with one attached hydrogen (secondary N) is 2. The molecule has 1 saturated heterocycles. The van der Waals surface area contributed by atoms with Gasteiger partial charge >= 0.3 is 0 Å². The predicted molar refractivity (Wildman–Crippen MR) is 97.4 cm³/mol. The van der Waals surface area contributed by atoms with Crippen LogP contribution >= 0.6 is 0 Å². The van der Waals surface area contributed by atoms with Crippen LogP contribution in [0.1, 0.15) is 19.8 Å². The minimum atomic E-state index is 0.615. The molecule has 7 nitrogen and oxygen atoms in total. The van der Waals surface area contributed by atoms with Crippen molar-refractivity contribution in [3.63, 3.8) is 0 Å². The molecule has 2 atom stereocenters. The Bertz CT molecular complexity index is 525. The van der Waals surface area contributed by atoms with Crippen LogP contribution in [0.15, 0.2) is 23.5 Å². The summed E-state index contributed by atoms with van der Waals surface area (Å²) in [4.78, 5) is 17.7. The van der Waals surface area contributed by atoms with Crippen LogP contribution in [0.25, 0.3) is 0 Å². The van der Waals surface area contributed by atoms with E-state index in [0.29, 0.717) is 6.04 Å². The number of anilines is 1. The van der Waals surface area contributed by atoms with Crippen LogP contribution in [0.4, 0.5) is 5.95 Å². The van der Waals surface area contributed by atoms with Gasteiger partial charge in [-0.1, -0.05) is 6.92 Å². The molecule has 2 unspecified atom stereocenters. The van der Waals surface area contributed by atoms with E-state index in [1.54, 1.807) is 0 Å². The van der Waals surface area contributed by atoms with Gasteiger partial charge in [-0.3, -0.25) is 9.89 Å². The molecule has 1 aliphatic carbocycles. The van der Waals surface area contributed by atoms with Crippen molar-refractivity contribution in [3.05, 3.63) is 18.5 Å². The lowest BCUT2D eigenvalue weighted by Crippen LogP contribution is -2.47. The van der Waals surface area contributed by atoms with Crippen molar-refractivity contribution in [1.82, 2.24) is 25.5 Å². The zero-order chi connectivity index (χ0) is 16.8. The lowest BCUT2D eigenvalue weighted by Gasteiger charge is -2.34. The summed E-state index contributed by atoms with van der Waals surface area (Å²) in [6, 6.07) is 2.48. The van der Waals surface area contributed by atoms with Crippen molar-refractivity contribution in [3.8, 4) is 0 Å². The summed E-state index contributed by atoms with van der Waals surface area (Å²) in [6.07, 6.45) is 6.01. The zero-order valence-electron chi connectivity index (χ0n) is 14.8. The fraction of sp³-hybridized carbons (Fsp3) is 0.706. The fourth-order valence-electron chi connectivity index (χ4n) is 3.03. The maximum absolute atomic E-state index is 4.33. The molecule has 2 heterocycles. The minimum Gasteiger partial charge on any atom is -0.356 e. The lowest BCUT2D eigenvalue weighted by atomic mass is 10.3. The third-order valence-corrected chi connectivity index (χ3v) is 4.81. The molecule has 1 aromatic heterocycles. The second-order valence-electron chi connectivity index (χ2n) is 6.69. The highest BCUT2D eigenvalue weighted by atomic mass is 15.3. The zero-order valence-corrected chi connectivity index (χ0v) is 14.8. The maximum Gasteiger partial charge on any atom is 0.225 e. The number of hydrogen-bond donors (Lipinski definition) is 2. The van der Waals surface area contributed by atoms with Crippen LogP contribution in [-0.4, -0.2) is 73.2 Å². The number of guanidine groups is 1. The number of aromatic nitrogens is 2. The van der Waals surface area contributed by atoms with Gasteiger partial charge in [0.2, 0.25) is 5.95 Å². The van der Waals surface area contributed by atoms with Crippen LogP contribution in [0.3, 0.4) is 0 Å². The lowest BCUT2D eigenvalue weighted by molar-refractivity contribution is 0.254. The van der Waals surface area contributed by atoms with E-state index in [1.165, 1.54) is 6.42 Å². The van der Waals surface area contributed by atoms with Gasteiger partial charge in [-0.2, -0.15) is 0 Å². The molecule has 0 aromatic carbocycles. The third-order valence-electron chi connectivity index (χ3n) is 4.81. The van der Waals surface area contributed by atoms with E-state index in [2.05, 4.69) is 42.3 Å². The van der Waals surface area contributed by atoms with Gasteiger partial charge in [-0.05, 0) is 31.4 Å². The minimum absolute atomic E-state index is 0.615. The van der Waals surface area contributed by atoms with E-state index in [1.807, 2.05) is 25.5 Å². The first-order valence-electron chi connectivity index (χ1n) is 8.98. The van der Waals surface area contributed by atoms with Crippen molar-refractivity contribution >= 4 is 11.9 Å². The Kier molecular flexibility index (Phi) is 5.85. The highest BCUT2D eigenvalue weighted by Crippen LogP contribution is 2.28. The summed E-state index contributed by atoms with van der Waals surface area (Å²) in [6.45, 7) is 8.50. The molecule has 3 rings (SSSR count). The molecule has 2 aliphatic rings. The Labute approximate surface area is 144 Å². The summed E-state index contributed by atoms with van der Waals surface area (Å²) < 4.78 is 0. The van der Waals surface area contributed by atoms with Gasteiger partial charge in [-0.25, -0.2) is 9.97 Å². The largest absolute Gasteiger partial charge is 0.356 e. The number of hydrogen-bond acceptors (Lipinski definition) is 5. The molecule has 1 saturated carbocycles. The molecule has 0 amide bonds. The quantitative estimate of drug-likeness (QED) is 0.451. The summed E-state index contributed by atoms with van der Waals surface area (Å²) in [5, 5.41) is 6.87. The summed E-state index contributed by atoms with van der Waals surface area (Å²) in [5.74, 6) is 2.58. The van der Waals surface area contributed by atoms with Crippen LogP contribution in [-0.2, 0) is 0 Å². The molecule has 0 bridgehead atoms. The van der Waals surface area contributed by atoms with Crippen molar-refractivity contribution < 1.29 is 0 Å². The van der Waals surface area contributed by atoms with Crippen molar-refractivity contribution in [2.45, 2.75) is 25.8 Å². The second-order valence-corrected chi connectivity index (χ2v) is 6.69. The average molecular weight is 331 g/mol. The monoisotopic (exact) mass is 331 g/mol. The average Bonchev–Trinajstić information content (AvgIpc) is 3.33. The van der Waals surface area contributed by atoms with Gasteiger partial charge in [-0.15, -0.1) is 0 Å². The Morgan fingerprint density at radius 3 is 2.58 bits per heavy atom. The first-order valence-corrected chi connectivity index (χ1v) is 8.98.